The fourth-order valence-electron chi connectivity index (χ4n) is 4.63. The van der Waals surface area contributed by atoms with E-state index in [2.05, 4.69) is 43.8 Å². The molecule has 1 nitrogen and oxygen atoms in total. The summed E-state index contributed by atoms with van der Waals surface area (Å²) in [6.45, 7) is 8.10. The lowest BCUT2D eigenvalue weighted by Crippen LogP contribution is -2.33. The molecule has 1 heterocycles. The van der Waals surface area contributed by atoms with Gasteiger partial charge in [-0.05, 0) is 37.7 Å². The smallest absolute Gasteiger partial charge is 0.172 e. The highest BCUT2D eigenvalue weighted by Gasteiger charge is 2.09. The van der Waals surface area contributed by atoms with Crippen molar-refractivity contribution in [2.45, 2.75) is 162 Å². The molecule has 1 aromatic rings. The molecule has 0 aliphatic heterocycles. The maximum absolute atomic E-state index is 2.46. The average molecular weight is 431 g/mol. The van der Waals surface area contributed by atoms with Gasteiger partial charge in [0.15, 0.2) is 12.4 Å². The summed E-state index contributed by atoms with van der Waals surface area (Å²) in [5, 5.41) is 0. The molecule has 1 aromatic heterocycles. The minimum Gasteiger partial charge on any atom is -0.205 e. The van der Waals surface area contributed by atoms with Crippen molar-refractivity contribution < 1.29 is 4.57 Å². The van der Waals surface area contributed by atoms with Crippen LogP contribution in [0.15, 0.2) is 18.5 Å². The summed E-state index contributed by atoms with van der Waals surface area (Å²) < 4.78 is 2.46. The van der Waals surface area contributed by atoms with Gasteiger partial charge in [0.05, 0.1) is 0 Å². The normalized spacial score (nSPS) is 11.3. The first kappa shape index (κ1) is 28.2. The predicted octanol–water partition coefficient (Wildman–Crippen LogP) is 9.53. The number of aryl methyl sites for hydroxylation is 3. The molecule has 0 aliphatic carbocycles. The molecule has 0 spiro atoms. The van der Waals surface area contributed by atoms with Gasteiger partial charge < -0.3 is 0 Å². The molecule has 0 N–H and O–H groups in total. The largest absolute Gasteiger partial charge is 0.205 e. The Hall–Kier alpha value is -0.850. The predicted molar refractivity (Wildman–Crippen MR) is 139 cm³/mol. The molecule has 0 unspecified atom stereocenters. The van der Waals surface area contributed by atoms with E-state index in [1.165, 1.54) is 141 Å². The van der Waals surface area contributed by atoms with Gasteiger partial charge in [-0.15, -0.1) is 0 Å². The lowest BCUT2D eigenvalue weighted by Gasteiger charge is -2.08. The average Bonchev–Trinajstić information content (AvgIpc) is 2.79. The van der Waals surface area contributed by atoms with E-state index in [4.69, 9.17) is 0 Å². The maximum Gasteiger partial charge on any atom is 0.172 e. The van der Waals surface area contributed by atoms with Crippen LogP contribution in [0.1, 0.15) is 154 Å². The van der Waals surface area contributed by atoms with E-state index >= 15 is 0 Å². The van der Waals surface area contributed by atoms with E-state index in [9.17, 15) is 0 Å². The van der Waals surface area contributed by atoms with Gasteiger partial charge in [0, 0.05) is 18.1 Å². The van der Waals surface area contributed by atoms with Gasteiger partial charge in [-0.3, -0.25) is 0 Å². The highest BCUT2D eigenvalue weighted by Crippen LogP contribution is 2.15. The molecular weight excluding hydrogens is 374 g/mol. The summed E-state index contributed by atoms with van der Waals surface area (Å²) in [6, 6.07) is 2.41. The molecule has 0 aromatic carbocycles. The molecule has 0 saturated heterocycles. The van der Waals surface area contributed by atoms with Gasteiger partial charge in [-0.1, -0.05) is 117 Å². The summed E-state index contributed by atoms with van der Waals surface area (Å²) in [6.07, 6.45) is 34.2. The van der Waals surface area contributed by atoms with E-state index in [0.29, 0.717) is 0 Å². The molecular formula is C30H56N+. The number of unbranched alkanes of at least 4 members (excludes halogenated alkanes) is 16. The zero-order chi connectivity index (χ0) is 22.4. The van der Waals surface area contributed by atoms with Gasteiger partial charge in [0.2, 0.25) is 0 Å². The summed E-state index contributed by atoms with van der Waals surface area (Å²) >= 11 is 0. The van der Waals surface area contributed by atoms with Crippen molar-refractivity contribution in [2.24, 2.45) is 0 Å². The van der Waals surface area contributed by atoms with E-state index in [1.807, 2.05) is 0 Å². The van der Waals surface area contributed by atoms with Gasteiger partial charge in [-0.2, -0.15) is 0 Å². The number of hydrogen-bond donors (Lipinski definition) is 0. The third kappa shape index (κ3) is 15.6. The van der Waals surface area contributed by atoms with Gasteiger partial charge in [0.1, 0.15) is 6.54 Å². The van der Waals surface area contributed by atoms with Crippen LogP contribution in [0.2, 0.25) is 0 Å². The first-order chi connectivity index (χ1) is 15.3. The van der Waals surface area contributed by atoms with Crippen molar-refractivity contribution in [2.75, 3.05) is 0 Å². The standard InChI is InChI=1S/C30H56N/c1-4-7-10-11-12-13-14-15-16-17-18-19-20-21-22-26-31-27-25-29(23-8-5-2)30(28-31)24-9-6-3/h25,27-28H,4-24,26H2,1-3H3/q+1. The van der Waals surface area contributed by atoms with Crippen LogP contribution in [0.3, 0.4) is 0 Å². The lowest BCUT2D eigenvalue weighted by atomic mass is 10.00. The van der Waals surface area contributed by atoms with Crippen molar-refractivity contribution in [3.63, 3.8) is 0 Å². The number of rotatable bonds is 22. The third-order valence-electron chi connectivity index (χ3n) is 6.82. The molecule has 0 saturated carbocycles. The van der Waals surface area contributed by atoms with Crippen LogP contribution in [0, 0.1) is 0 Å². The zero-order valence-electron chi connectivity index (χ0n) is 21.7. The molecule has 0 radical (unpaired) electrons. The van der Waals surface area contributed by atoms with Crippen molar-refractivity contribution in [1.82, 2.24) is 0 Å². The Morgan fingerprint density at radius 3 is 1.39 bits per heavy atom. The third-order valence-corrected chi connectivity index (χ3v) is 6.82. The zero-order valence-corrected chi connectivity index (χ0v) is 21.7. The topological polar surface area (TPSA) is 3.88 Å². The second kappa shape index (κ2) is 21.0. The Labute approximate surface area is 196 Å². The Morgan fingerprint density at radius 2 is 0.903 bits per heavy atom. The van der Waals surface area contributed by atoms with E-state index in [0.717, 1.165) is 0 Å². The van der Waals surface area contributed by atoms with Crippen molar-refractivity contribution in [3.8, 4) is 0 Å². The lowest BCUT2D eigenvalue weighted by molar-refractivity contribution is -0.697. The SMILES string of the molecule is CCCCCCCCCCCCCCCCC[n+]1ccc(CCCC)c(CCCC)c1. The molecule has 1 rings (SSSR count). The molecule has 0 amide bonds. The fourth-order valence-corrected chi connectivity index (χ4v) is 4.63. The second-order valence-electron chi connectivity index (χ2n) is 9.89. The first-order valence-corrected chi connectivity index (χ1v) is 14.3. The molecule has 0 aliphatic rings. The van der Waals surface area contributed by atoms with Crippen LogP contribution < -0.4 is 4.57 Å². The highest BCUT2D eigenvalue weighted by molar-refractivity contribution is 5.21. The Balaban J connectivity index is 2.04. The summed E-state index contributed by atoms with van der Waals surface area (Å²) in [5.74, 6) is 0. The molecule has 0 atom stereocenters. The fraction of sp³-hybridized carbons (Fsp3) is 0.833. The van der Waals surface area contributed by atoms with Crippen LogP contribution in [0.25, 0.3) is 0 Å². The van der Waals surface area contributed by atoms with Gasteiger partial charge in [0.25, 0.3) is 0 Å². The number of pyridine rings is 1. The Morgan fingerprint density at radius 1 is 0.484 bits per heavy atom. The van der Waals surface area contributed by atoms with Crippen molar-refractivity contribution >= 4 is 0 Å². The maximum atomic E-state index is 2.46. The van der Waals surface area contributed by atoms with Crippen LogP contribution in [-0.4, -0.2) is 0 Å². The highest BCUT2D eigenvalue weighted by atomic mass is 14.9. The Bertz CT molecular complexity index is 507. The van der Waals surface area contributed by atoms with Crippen LogP contribution in [0.4, 0.5) is 0 Å². The molecule has 0 bridgehead atoms. The summed E-state index contributed by atoms with van der Waals surface area (Å²) in [4.78, 5) is 0. The van der Waals surface area contributed by atoms with E-state index in [1.54, 1.807) is 11.1 Å². The van der Waals surface area contributed by atoms with Gasteiger partial charge in [-0.25, -0.2) is 4.57 Å². The van der Waals surface area contributed by atoms with E-state index < -0.39 is 0 Å². The molecule has 180 valence electrons. The first-order valence-electron chi connectivity index (χ1n) is 14.3. The second-order valence-corrected chi connectivity index (χ2v) is 9.89. The van der Waals surface area contributed by atoms with Crippen molar-refractivity contribution in [3.05, 3.63) is 29.6 Å². The molecule has 1 heteroatoms. The summed E-state index contributed by atoms with van der Waals surface area (Å²) in [5.41, 5.74) is 3.21. The number of aromatic nitrogens is 1. The summed E-state index contributed by atoms with van der Waals surface area (Å²) in [7, 11) is 0. The Kier molecular flexibility index (Phi) is 19.1. The number of hydrogen-bond acceptors (Lipinski definition) is 0. The quantitative estimate of drug-likeness (QED) is 0.127. The minimum absolute atomic E-state index is 1.20. The molecule has 31 heavy (non-hydrogen) atoms. The van der Waals surface area contributed by atoms with Crippen molar-refractivity contribution in [1.29, 1.82) is 0 Å². The van der Waals surface area contributed by atoms with E-state index in [-0.39, 0.29) is 0 Å². The van der Waals surface area contributed by atoms with Crippen LogP contribution in [0.5, 0.6) is 0 Å². The van der Waals surface area contributed by atoms with Gasteiger partial charge >= 0.3 is 0 Å². The van der Waals surface area contributed by atoms with Crippen LogP contribution >= 0.6 is 0 Å². The van der Waals surface area contributed by atoms with Crippen LogP contribution in [-0.2, 0) is 19.4 Å². The molecule has 0 fully saturated rings. The number of nitrogens with zero attached hydrogens (tertiary/aromatic N) is 1. The monoisotopic (exact) mass is 430 g/mol. The minimum atomic E-state index is 1.20.